The van der Waals surface area contributed by atoms with Gasteiger partial charge in [-0.05, 0) is 44.5 Å². The number of hydrogen-bond donors (Lipinski definition) is 1. The van der Waals surface area contributed by atoms with Gasteiger partial charge in [-0.1, -0.05) is 0 Å². The fraction of sp³-hybridized carbons (Fsp3) is 0.600. The zero-order valence-corrected chi connectivity index (χ0v) is 12.3. The van der Waals surface area contributed by atoms with E-state index >= 15 is 0 Å². The number of aryl methyl sites for hydroxylation is 1. The molecule has 1 aromatic rings. The second kappa shape index (κ2) is 5.80. The third-order valence-electron chi connectivity index (χ3n) is 3.94. The summed E-state index contributed by atoms with van der Waals surface area (Å²) in [6.45, 7) is 2.60. The highest BCUT2D eigenvalue weighted by molar-refractivity contribution is 5.47. The molecule has 0 aromatic heterocycles. The molecule has 1 saturated carbocycles. The molecule has 0 aliphatic heterocycles. The van der Waals surface area contributed by atoms with Crippen LogP contribution in [-0.4, -0.2) is 38.8 Å². The Hall–Kier alpha value is -1.26. The van der Waals surface area contributed by atoms with E-state index in [1.54, 1.807) is 14.2 Å². The monoisotopic (exact) mass is 264 g/mol. The lowest BCUT2D eigenvalue weighted by molar-refractivity contribution is 0.234. The van der Waals surface area contributed by atoms with Crippen LogP contribution in [-0.2, 0) is 0 Å². The van der Waals surface area contributed by atoms with Gasteiger partial charge in [-0.25, -0.2) is 0 Å². The third kappa shape index (κ3) is 2.85. The number of nitrogens with zero attached hydrogens (tertiary/aromatic N) is 1. The van der Waals surface area contributed by atoms with Gasteiger partial charge in [0.15, 0.2) is 0 Å². The van der Waals surface area contributed by atoms with Crippen molar-refractivity contribution in [1.29, 1.82) is 0 Å². The van der Waals surface area contributed by atoms with Crippen molar-refractivity contribution in [3.05, 3.63) is 23.3 Å². The molecule has 1 aromatic carbocycles. The maximum atomic E-state index is 5.99. The van der Waals surface area contributed by atoms with Crippen LogP contribution in [0.4, 0.5) is 0 Å². The number of likely N-dealkylation sites (N-methyl/N-ethyl adjacent to an activating group) is 1. The van der Waals surface area contributed by atoms with Crippen LogP contribution in [0.2, 0.25) is 0 Å². The summed E-state index contributed by atoms with van der Waals surface area (Å²) in [6, 6.07) is 4.92. The van der Waals surface area contributed by atoms with Crippen molar-refractivity contribution in [2.75, 3.05) is 27.8 Å². The van der Waals surface area contributed by atoms with E-state index in [0.717, 1.165) is 22.6 Å². The normalized spacial score (nSPS) is 16.5. The fourth-order valence-corrected chi connectivity index (χ4v) is 2.58. The number of ether oxygens (including phenoxy) is 2. The summed E-state index contributed by atoms with van der Waals surface area (Å²) in [5, 5.41) is 0. The lowest BCUT2D eigenvalue weighted by atomic mass is 10.0. The Balaban J connectivity index is 2.39. The Morgan fingerprint density at radius 3 is 2.37 bits per heavy atom. The molecule has 4 nitrogen and oxygen atoms in total. The first-order valence-corrected chi connectivity index (χ1v) is 6.76. The van der Waals surface area contributed by atoms with Gasteiger partial charge in [-0.15, -0.1) is 0 Å². The van der Waals surface area contributed by atoms with Gasteiger partial charge >= 0.3 is 0 Å². The van der Waals surface area contributed by atoms with Gasteiger partial charge in [0.05, 0.1) is 20.3 Å². The van der Waals surface area contributed by atoms with Crippen LogP contribution in [0, 0.1) is 6.92 Å². The average molecular weight is 264 g/mol. The minimum Gasteiger partial charge on any atom is -0.496 e. The van der Waals surface area contributed by atoms with E-state index in [1.807, 2.05) is 13.0 Å². The van der Waals surface area contributed by atoms with Crippen LogP contribution in [0.15, 0.2) is 12.1 Å². The van der Waals surface area contributed by atoms with Crippen LogP contribution in [0.5, 0.6) is 11.5 Å². The van der Waals surface area contributed by atoms with Crippen LogP contribution in [0.25, 0.3) is 0 Å². The number of rotatable bonds is 6. The maximum Gasteiger partial charge on any atom is 0.124 e. The van der Waals surface area contributed by atoms with Crippen molar-refractivity contribution in [2.24, 2.45) is 5.73 Å². The van der Waals surface area contributed by atoms with E-state index in [2.05, 4.69) is 18.0 Å². The Morgan fingerprint density at radius 1 is 1.26 bits per heavy atom. The van der Waals surface area contributed by atoms with Crippen molar-refractivity contribution in [3.63, 3.8) is 0 Å². The van der Waals surface area contributed by atoms with E-state index in [9.17, 15) is 0 Å². The van der Waals surface area contributed by atoms with E-state index in [0.29, 0.717) is 12.6 Å². The largest absolute Gasteiger partial charge is 0.496 e. The highest BCUT2D eigenvalue weighted by Gasteiger charge is 2.32. The van der Waals surface area contributed by atoms with Crippen molar-refractivity contribution in [1.82, 2.24) is 4.90 Å². The quantitative estimate of drug-likeness (QED) is 0.855. The molecule has 0 spiro atoms. The highest BCUT2D eigenvalue weighted by atomic mass is 16.5. The van der Waals surface area contributed by atoms with Crippen molar-refractivity contribution >= 4 is 0 Å². The molecule has 1 atom stereocenters. The van der Waals surface area contributed by atoms with Crippen LogP contribution in [0.1, 0.15) is 30.0 Å². The number of benzene rings is 1. The second-order valence-corrected chi connectivity index (χ2v) is 5.21. The molecule has 19 heavy (non-hydrogen) atoms. The number of nitrogens with two attached hydrogens (primary N) is 1. The molecule has 0 saturated heterocycles. The maximum absolute atomic E-state index is 5.99. The summed E-state index contributed by atoms with van der Waals surface area (Å²) in [5.74, 6) is 1.78. The van der Waals surface area contributed by atoms with Gasteiger partial charge in [0.25, 0.3) is 0 Å². The second-order valence-electron chi connectivity index (χ2n) is 5.21. The van der Waals surface area contributed by atoms with Crippen molar-refractivity contribution in [3.8, 4) is 11.5 Å². The summed E-state index contributed by atoms with van der Waals surface area (Å²) in [7, 11) is 5.54. The molecular weight excluding hydrogens is 240 g/mol. The van der Waals surface area contributed by atoms with Gasteiger partial charge in [0.1, 0.15) is 11.5 Å². The smallest absolute Gasteiger partial charge is 0.124 e. The molecule has 4 heteroatoms. The SMILES string of the molecule is COc1cc(C(CN)N(C)C2CC2)c(OC)cc1C. The zero-order valence-electron chi connectivity index (χ0n) is 12.3. The van der Waals surface area contributed by atoms with Crippen molar-refractivity contribution in [2.45, 2.75) is 31.8 Å². The lowest BCUT2D eigenvalue weighted by Gasteiger charge is -2.29. The minimum atomic E-state index is 0.178. The molecule has 2 N–H and O–H groups in total. The molecule has 0 heterocycles. The van der Waals surface area contributed by atoms with Gasteiger partial charge < -0.3 is 15.2 Å². The average Bonchev–Trinajstić information content (AvgIpc) is 3.24. The molecular formula is C15H24N2O2. The predicted molar refractivity (Wildman–Crippen MR) is 76.9 cm³/mol. The molecule has 1 unspecified atom stereocenters. The lowest BCUT2D eigenvalue weighted by Crippen LogP contribution is -2.32. The molecule has 1 aliphatic carbocycles. The molecule has 106 valence electrons. The highest BCUT2D eigenvalue weighted by Crippen LogP contribution is 2.38. The molecule has 1 aliphatic rings. The molecule has 1 fully saturated rings. The Morgan fingerprint density at radius 2 is 1.89 bits per heavy atom. The van der Waals surface area contributed by atoms with Crippen molar-refractivity contribution < 1.29 is 9.47 Å². The summed E-state index contributed by atoms with van der Waals surface area (Å²) in [4.78, 5) is 2.35. The summed E-state index contributed by atoms with van der Waals surface area (Å²) in [6.07, 6.45) is 2.52. The summed E-state index contributed by atoms with van der Waals surface area (Å²) >= 11 is 0. The summed E-state index contributed by atoms with van der Waals surface area (Å²) < 4.78 is 10.9. The topological polar surface area (TPSA) is 47.7 Å². The summed E-state index contributed by atoms with van der Waals surface area (Å²) in [5.41, 5.74) is 8.18. The standard InChI is InChI=1S/C15H24N2O2/c1-10-7-15(19-4)12(8-14(10)18-3)13(9-16)17(2)11-5-6-11/h7-8,11,13H,5-6,9,16H2,1-4H3. The molecule has 0 radical (unpaired) electrons. The third-order valence-corrected chi connectivity index (χ3v) is 3.94. The van der Waals surface area contributed by atoms with Gasteiger partial charge in [0.2, 0.25) is 0 Å². The van der Waals surface area contributed by atoms with Crippen LogP contribution < -0.4 is 15.2 Å². The first-order chi connectivity index (χ1) is 9.12. The first kappa shape index (κ1) is 14.2. The Labute approximate surface area is 115 Å². The van der Waals surface area contributed by atoms with E-state index in [4.69, 9.17) is 15.2 Å². The number of hydrogen-bond acceptors (Lipinski definition) is 4. The van der Waals surface area contributed by atoms with E-state index < -0.39 is 0 Å². The fourth-order valence-electron chi connectivity index (χ4n) is 2.58. The molecule has 0 bridgehead atoms. The first-order valence-electron chi connectivity index (χ1n) is 6.76. The van der Waals surface area contributed by atoms with Gasteiger partial charge in [-0.2, -0.15) is 0 Å². The van der Waals surface area contributed by atoms with E-state index in [1.165, 1.54) is 12.8 Å². The van der Waals surface area contributed by atoms with Gasteiger partial charge in [-0.3, -0.25) is 4.90 Å². The number of methoxy groups -OCH3 is 2. The van der Waals surface area contributed by atoms with E-state index in [-0.39, 0.29) is 6.04 Å². The predicted octanol–water partition coefficient (Wildman–Crippen LogP) is 2.11. The molecule has 2 rings (SSSR count). The van der Waals surface area contributed by atoms with Crippen LogP contribution in [0.3, 0.4) is 0 Å². The zero-order chi connectivity index (χ0) is 14.0. The van der Waals surface area contributed by atoms with Gasteiger partial charge in [0, 0.05) is 18.2 Å². The molecule has 0 amide bonds. The Bertz CT molecular complexity index is 444. The minimum absolute atomic E-state index is 0.178. The van der Waals surface area contributed by atoms with Crippen LogP contribution >= 0.6 is 0 Å². The Kier molecular flexibility index (Phi) is 4.32.